The van der Waals surface area contributed by atoms with Crippen LogP contribution in [0.5, 0.6) is 0 Å². The molecular formula is C18H23F3N2O3S. The number of halogens is 3. The molecule has 1 spiro atoms. The monoisotopic (exact) mass is 404 g/mol. The van der Waals surface area contributed by atoms with E-state index in [0.717, 1.165) is 31.2 Å². The minimum atomic E-state index is -4.54. The first kappa shape index (κ1) is 20.0. The molecular weight excluding hydrogens is 381 g/mol. The number of carbonyl (C=O) groups excluding carboxylic acids is 1. The van der Waals surface area contributed by atoms with Crippen molar-refractivity contribution in [3.63, 3.8) is 0 Å². The number of nitrogens with one attached hydrogen (secondary N) is 2. The Balaban J connectivity index is 1.69. The smallest absolute Gasteiger partial charge is 0.335 e. The lowest BCUT2D eigenvalue weighted by Gasteiger charge is -2.54. The highest BCUT2D eigenvalue weighted by atomic mass is 32.2. The Hall–Kier alpha value is -1.77. The number of alkyl halides is 3. The van der Waals surface area contributed by atoms with Crippen LogP contribution in [-0.4, -0.2) is 32.5 Å². The highest BCUT2D eigenvalue weighted by Crippen LogP contribution is 2.55. The second kappa shape index (κ2) is 7.00. The Bertz CT molecular complexity index is 811. The molecule has 1 aromatic rings. The summed E-state index contributed by atoms with van der Waals surface area (Å²) < 4.78 is 62.3. The number of hydrogen-bond donors (Lipinski definition) is 2. The number of carbonyl (C=O) groups is 1. The van der Waals surface area contributed by atoms with Gasteiger partial charge in [0.05, 0.1) is 17.4 Å². The Labute approximate surface area is 156 Å². The molecule has 2 aliphatic carbocycles. The van der Waals surface area contributed by atoms with Crippen LogP contribution in [0.15, 0.2) is 24.3 Å². The van der Waals surface area contributed by atoms with Crippen LogP contribution in [0, 0.1) is 5.41 Å². The van der Waals surface area contributed by atoms with Crippen molar-refractivity contribution >= 4 is 15.9 Å². The van der Waals surface area contributed by atoms with Crippen molar-refractivity contribution in [2.45, 2.75) is 50.4 Å². The van der Waals surface area contributed by atoms with Gasteiger partial charge in [-0.05, 0) is 48.8 Å². The van der Waals surface area contributed by atoms with Crippen molar-refractivity contribution in [3.05, 3.63) is 35.4 Å². The summed E-state index contributed by atoms with van der Waals surface area (Å²) in [6.07, 6.45) is 1.81. The molecule has 150 valence electrons. The van der Waals surface area contributed by atoms with Gasteiger partial charge in [-0.15, -0.1) is 0 Å². The topological polar surface area (TPSA) is 75.3 Å². The van der Waals surface area contributed by atoms with Gasteiger partial charge >= 0.3 is 12.2 Å². The lowest BCUT2D eigenvalue weighted by Crippen LogP contribution is -2.56. The van der Waals surface area contributed by atoms with E-state index in [4.69, 9.17) is 0 Å². The third-order valence-electron chi connectivity index (χ3n) is 5.50. The molecule has 2 N–H and O–H groups in total. The average Bonchev–Trinajstić information content (AvgIpc) is 2.46. The van der Waals surface area contributed by atoms with Crippen LogP contribution in [0.3, 0.4) is 0 Å². The predicted molar refractivity (Wildman–Crippen MR) is 94.9 cm³/mol. The first-order valence-corrected chi connectivity index (χ1v) is 10.9. The van der Waals surface area contributed by atoms with Crippen molar-refractivity contribution in [2.24, 2.45) is 5.41 Å². The van der Waals surface area contributed by atoms with Crippen molar-refractivity contribution < 1.29 is 26.4 Å². The van der Waals surface area contributed by atoms with Crippen molar-refractivity contribution in [2.75, 3.05) is 12.0 Å². The Morgan fingerprint density at radius 1 is 1.30 bits per heavy atom. The largest absolute Gasteiger partial charge is 0.416 e. The summed E-state index contributed by atoms with van der Waals surface area (Å²) in [4.78, 5) is 12.3. The third-order valence-corrected chi connectivity index (χ3v) is 6.44. The van der Waals surface area contributed by atoms with Gasteiger partial charge in [0.25, 0.3) is 0 Å². The summed E-state index contributed by atoms with van der Waals surface area (Å²) >= 11 is 0. The Morgan fingerprint density at radius 2 is 1.96 bits per heavy atom. The van der Waals surface area contributed by atoms with Gasteiger partial charge < -0.3 is 10.6 Å². The standard InChI is InChI=1S/C18H23F3N2O3S/c1-27(25,26)11-15(12-4-2-5-13(8-12)18(19,20)21)23-16(24)22-14-9-17(10-14)6-3-7-17/h2,4-5,8,14-15H,3,6-7,9-11H2,1H3,(H2,22,23,24). The van der Waals surface area contributed by atoms with Gasteiger partial charge in [-0.2, -0.15) is 13.2 Å². The van der Waals surface area contributed by atoms with E-state index in [2.05, 4.69) is 10.6 Å². The van der Waals surface area contributed by atoms with Crippen LogP contribution in [0.1, 0.15) is 49.3 Å². The fourth-order valence-corrected chi connectivity index (χ4v) is 4.89. The maximum absolute atomic E-state index is 13.0. The van der Waals surface area contributed by atoms with E-state index < -0.39 is 39.4 Å². The highest BCUT2D eigenvalue weighted by molar-refractivity contribution is 7.90. The van der Waals surface area contributed by atoms with Gasteiger partial charge in [0.1, 0.15) is 9.84 Å². The molecule has 1 aromatic carbocycles. The minimum absolute atomic E-state index is 0.0330. The maximum atomic E-state index is 13.0. The van der Waals surface area contributed by atoms with Crippen LogP contribution in [0.4, 0.5) is 18.0 Å². The Morgan fingerprint density at radius 3 is 2.48 bits per heavy atom. The fourth-order valence-electron chi connectivity index (χ4n) is 4.01. The lowest BCUT2D eigenvalue weighted by atomic mass is 9.54. The third kappa shape index (κ3) is 4.94. The molecule has 0 saturated heterocycles. The number of sulfone groups is 1. The molecule has 1 unspecified atom stereocenters. The van der Waals surface area contributed by atoms with Crippen LogP contribution in [-0.2, 0) is 16.0 Å². The van der Waals surface area contributed by atoms with Gasteiger partial charge in [-0.3, -0.25) is 0 Å². The zero-order valence-corrected chi connectivity index (χ0v) is 15.8. The molecule has 27 heavy (non-hydrogen) atoms. The van der Waals surface area contributed by atoms with Gasteiger partial charge in [0.15, 0.2) is 0 Å². The molecule has 3 rings (SSSR count). The van der Waals surface area contributed by atoms with Gasteiger partial charge in [-0.25, -0.2) is 13.2 Å². The molecule has 9 heteroatoms. The van der Waals surface area contributed by atoms with Crippen molar-refractivity contribution in [1.82, 2.24) is 10.6 Å². The van der Waals surface area contributed by atoms with E-state index in [1.165, 1.54) is 31.4 Å². The molecule has 0 radical (unpaired) electrons. The maximum Gasteiger partial charge on any atom is 0.416 e. The summed E-state index contributed by atoms with van der Waals surface area (Å²) in [5.41, 5.74) is -0.411. The summed E-state index contributed by atoms with van der Waals surface area (Å²) in [6, 6.07) is 2.80. The van der Waals surface area contributed by atoms with Crippen LogP contribution in [0.2, 0.25) is 0 Å². The van der Waals surface area contributed by atoms with Crippen LogP contribution < -0.4 is 10.6 Å². The molecule has 0 heterocycles. The average molecular weight is 404 g/mol. The molecule has 0 aliphatic heterocycles. The van der Waals surface area contributed by atoms with E-state index in [1.807, 2.05) is 0 Å². The number of rotatable bonds is 5. The summed E-state index contributed by atoms with van der Waals surface area (Å²) in [7, 11) is -3.52. The molecule has 0 bridgehead atoms. The Kier molecular flexibility index (Phi) is 5.18. The second-order valence-electron chi connectivity index (χ2n) is 7.84. The van der Waals surface area contributed by atoms with E-state index in [9.17, 15) is 26.4 Å². The number of hydrogen-bond acceptors (Lipinski definition) is 3. The van der Waals surface area contributed by atoms with Gasteiger partial charge in [0.2, 0.25) is 0 Å². The van der Waals surface area contributed by atoms with E-state index in [-0.39, 0.29) is 11.6 Å². The number of benzene rings is 1. The fraction of sp³-hybridized carbons (Fsp3) is 0.611. The zero-order chi connectivity index (χ0) is 19.9. The normalized spacial score (nSPS) is 20.4. The first-order valence-electron chi connectivity index (χ1n) is 8.88. The van der Waals surface area contributed by atoms with Crippen molar-refractivity contribution in [3.8, 4) is 0 Å². The second-order valence-corrected chi connectivity index (χ2v) is 10.0. The van der Waals surface area contributed by atoms with Gasteiger partial charge in [0, 0.05) is 12.3 Å². The minimum Gasteiger partial charge on any atom is -0.335 e. The molecule has 2 fully saturated rings. The predicted octanol–water partition coefficient (Wildman–Crippen LogP) is 3.42. The zero-order valence-electron chi connectivity index (χ0n) is 15.0. The van der Waals surface area contributed by atoms with Crippen LogP contribution in [0.25, 0.3) is 0 Å². The van der Waals surface area contributed by atoms with E-state index >= 15 is 0 Å². The molecule has 2 aliphatic rings. The summed E-state index contributed by atoms with van der Waals surface area (Å²) in [6.45, 7) is 0. The number of urea groups is 1. The van der Waals surface area contributed by atoms with Gasteiger partial charge in [-0.1, -0.05) is 18.6 Å². The van der Waals surface area contributed by atoms with E-state index in [0.29, 0.717) is 5.41 Å². The number of amides is 2. The molecule has 2 saturated carbocycles. The lowest BCUT2D eigenvalue weighted by molar-refractivity contribution is -0.137. The SMILES string of the molecule is CS(=O)(=O)CC(NC(=O)NC1CC2(CCC2)C1)c1cccc(C(F)(F)F)c1. The molecule has 5 nitrogen and oxygen atoms in total. The van der Waals surface area contributed by atoms with E-state index in [1.54, 1.807) is 0 Å². The highest BCUT2D eigenvalue weighted by Gasteiger charge is 2.48. The first-order chi connectivity index (χ1) is 12.5. The summed E-state index contributed by atoms with van der Waals surface area (Å²) in [5.74, 6) is -0.476. The molecule has 0 aromatic heterocycles. The molecule has 2 amide bonds. The quantitative estimate of drug-likeness (QED) is 0.790. The summed E-state index contributed by atoms with van der Waals surface area (Å²) in [5, 5.41) is 5.34. The van der Waals surface area contributed by atoms with Crippen LogP contribution >= 0.6 is 0 Å². The molecule has 1 atom stereocenters. The van der Waals surface area contributed by atoms with Crippen molar-refractivity contribution in [1.29, 1.82) is 0 Å².